The number of anilines is 1. The van der Waals surface area contributed by atoms with Crippen LogP contribution in [0.4, 0.5) is 10.1 Å². The lowest BCUT2D eigenvalue weighted by atomic mass is 10.0. The van der Waals surface area contributed by atoms with Crippen LogP contribution in [0.2, 0.25) is 0 Å². The molecule has 1 atom stereocenters. The van der Waals surface area contributed by atoms with E-state index in [1.807, 2.05) is 0 Å². The Morgan fingerprint density at radius 3 is 2.86 bits per heavy atom. The molecule has 1 aromatic carbocycles. The van der Waals surface area contributed by atoms with E-state index in [0.717, 1.165) is 12.8 Å². The van der Waals surface area contributed by atoms with Gasteiger partial charge in [0.05, 0.1) is 12.2 Å². The van der Waals surface area contributed by atoms with E-state index in [4.69, 9.17) is 5.11 Å². The van der Waals surface area contributed by atoms with Crippen molar-refractivity contribution < 1.29 is 19.1 Å². The normalized spacial score (nSPS) is 19.2. The highest BCUT2D eigenvalue weighted by molar-refractivity contribution is 9.10. The lowest BCUT2D eigenvalue weighted by Crippen LogP contribution is -2.47. The summed E-state index contributed by atoms with van der Waals surface area (Å²) >= 11 is 3.14. The summed E-state index contributed by atoms with van der Waals surface area (Å²) in [4.78, 5) is 24.7. The van der Waals surface area contributed by atoms with Crippen molar-refractivity contribution >= 4 is 33.5 Å². The number of benzene rings is 1. The number of carbonyl (C=O) groups is 2. The molecule has 2 N–H and O–H groups in total. The number of hydrogen-bond donors (Lipinski definition) is 2. The van der Waals surface area contributed by atoms with Crippen LogP contribution in [0.1, 0.15) is 19.3 Å². The summed E-state index contributed by atoms with van der Waals surface area (Å²) in [6.45, 7) is 0.514. The first-order valence-electron chi connectivity index (χ1n) is 6.69. The van der Waals surface area contributed by atoms with Gasteiger partial charge in [-0.15, -0.1) is 0 Å². The number of amides is 1. The molecule has 1 heterocycles. The molecule has 2 rings (SSSR count). The molecule has 1 aliphatic rings. The third-order valence-electron chi connectivity index (χ3n) is 3.45. The van der Waals surface area contributed by atoms with E-state index in [1.54, 1.807) is 11.0 Å². The predicted octanol–water partition coefficient (Wildman–Crippen LogP) is 2.47. The molecule has 21 heavy (non-hydrogen) atoms. The molecule has 1 aromatic rings. The number of hydrogen-bond acceptors (Lipinski definition) is 3. The summed E-state index contributed by atoms with van der Waals surface area (Å²) in [7, 11) is 0. The van der Waals surface area contributed by atoms with Gasteiger partial charge < -0.3 is 10.4 Å². The molecule has 0 bridgehead atoms. The molecule has 0 spiro atoms. The molecular weight excluding hydrogens is 343 g/mol. The SMILES string of the molecule is O=C(CN1CCCCC1C(=O)O)Nc1ccc(Br)cc1F. The van der Waals surface area contributed by atoms with Gasteiger partial charge >= 0.3 is 5.97 Å². The lowest BCUT2D eigenvalue weighted by molar-refractivity contribution is -0.145. The van der Waals surface area contributed by atoms with Crippen LogP contribution in [-0.4, -0.2) is 41.0 Å². The number of nitrogens with zero attached hydrogens (tertiary/aromatic N) is 1. The van der Waals surface area contributed by atoms with Gasteiger partial charge in [-0.1, -0.05) is 22.4 Å². The summed E-state index contributed by atoms with van der Waals surface area (Å²) in [5.41, 5.74) is 0.0899. The molecule has 1 saturated heterocycles. The highest BCUT2D eigenvalue weighted by Crippen LogP contribution is 2.20. The van der Waals surface area contributed by atoms with E-state index in [2.05, 4.69) is 21.2 Å². The maximum absolute atomic E-state index is 13.6. The number of carboxylic acid groups (broad SMARTS) is 1. The summed E-state index contributed by atoms with van der Waals surface area (Å²) < 4.78 is 14.2. The summed E-state index contributed by atoms with van der Waals surface area (Å²) in [6, 6.07) is 3.71. The second kappa shape index (κ2) is 7.00. The average Bonchev–Trinajstić information content (AvgIpc) is 2.42. The number of carboxylic acids is 1. The fourth-order valence-electron chi connectivity index (χ4n) is 2.42. The van der Waals surface area contributed by atoms with Gasteiger partial charge in [0.1, 0.15) is 11.9 Å². The van der Waals surface area contributed by atoms with Gasteiger partial charge in [0.2, 0.25) is 5.91 Å². The van der Waals surface area contributed by atoms with E-state index in [9.17, 15) is 14.0 Å². The fraction of sp³-hybridized carbons (Fsp3) is 0.429. The fourth-order valence-corrected chi connectivity index (χ4v) is 2.76. The first kappa shape index (κ1) is 15.9. The minimum Gasteiger partial charge on any atom is -0.480 e. The number of carbonyl (C=O) groups excluding carboxylic acids is 1. The van der Waals surface area contributed by atoms with Crippen molar-refractivity contribution in [2.24, 2.45) is 0 Å². The zero-order valence-corrected chi connectivity index (χ0v) is 12.9. The summed E-state index contributed by atoms with van der Waals surface area (Å²) in [6.07, 6.45) is 2.25. The lowest BCUT2D eigenvalue weighted by Gasteiger charge is -2.32. The van der Waals surface area contributed by atoms with Gasteiger partial charge in [0.15, 0.2) is 0 Å². The third-order valence-corrected chi connectivity index (χ3v) is 3.94. The maximum Gasteiger partial charge on any atom is 0.320 e. The molecule has 5 nitrogen and oxygen atoms in total. The van der Waals surface area contributed by atoms with E-state index in [0.29, 0.717) is 17.4 Å². The van der Waals surface area contributed by atoms with Gasteiger partial charge in [-0.05, 0) is 37.6 Å². The summed E-state index contributed by atoms with van der Waals surface area (Å²) in [5, 5.41) is 11.6. The summed E-state index contributed by atoms with van der Waals surface area (Å²) in [5.74, 6) is -1.87. The smallest absolute Gasteiger partial charge is 0.320 e. The van der Waals surface area contributed by atoms with Crippen molar-refractivity contribution in [1.29, 1.82) is 0 Å². The topological polar surface area (TPSA) is 69.6 Å². The quantitative estimate of drug-likeness (QED) is 0.867. The average molecular weight is 359 g/mol. The molecule has 1 fully saturated rings. The molecule has 114 valence electrons. The second-order valence-corrected chi connectivity index (χ2v) is 5.91. The Bertz CT molecular complexity index is 553. The highest BCUT2D eigenvalue weighted by atomic mass is 79.9. The van der Waals surface area contributed by atoms with Crippen LogP contribution >= 0.6 is 15.9 Å². The highest BCUT2D eigenvalue weighted by Gasteiger charge is 2.29. The van der Waals surface area contributed by atoms with Crippen LogP contribution in [0.3, 0.4) is 0 Å². The molecule has 0 radical (unpaired) electrons. The Labute approximate surface area is 130 Å². The number of halogens is 2. The van der Waals surface area contributed by atoms with Crippen LogP contribution in [0, 0.1) is 5.82 Å². The minimum absolute atomic E-state index is 0.0491. The second-order valence-electron chi connectivity index (χ2n) is 4.99. The standard InChI is InChI=1S/C14H16BrFN2O3/c15-9-4-5-11(10(16)7-9)17-13(19)8-18-6-2-1-3-12(18)14(20)21/h4-5,7,12H,1-3,6,8H2,(H,17,19)(H,20,21). The molecular formula is C14H16BrFN2O3. The largest absolute Gasteiger partial charge is 0.480 e. The number of piperidine rings is 1. The van der Waals surface area contributed by atoms with E-state index >= 15 is 0 Å². The van der Waals surface area contributed by atoms with Gasteiger partial charge in [-0.25, -0.2) is 4.39 Å². The zero-order chi connectivity index (χ0) is 15.4. The van der Waals surface area contributed by atoms with Crippen molar-refractivity contribution in [1.82, 2.24) is 4.90 Å². The zero-order valence-electron chi connectivity index (χ0n) is 11.3. The van der Waals surface area contributed by atoms with E-state index in [-0.39, 0.29) is 12.2 Å². The molecule has 0 aromatic heterocycles. The van der Waals surface area contributed by atoms with Gasteiger partial charge in [0, 0.05) is 4.47 Å². The Morgan fingerprint density at radius 2 is 2.19 bits per heavy atom. The Morgan fingerprint density at radius 1 is 1.43 bits per heavy atom. The maximum atomic E-state index is 13.6. The Hall–Kier alpha value is -1.47. The Balaban J connectivity index is 1.98. The number of nitrogens with one attached hydrogen (secondary N) is 1. The van der Waals surface area contributed by atoms with Gasteiger partial charge in [-0.3, -0.25) is 14.5 Å². The first-order valence-corrected chi connectivity index (χ1v) is 7.48. The minimum atomic E-state index is -0.919. The van der Waals surface area contributed by atoms with Crippen LogP contribution in [0.5, 0.6) is 0 Å². The molecule has 1 amide bonds. The molecule has 1 aliphatic heterocycles. The third kappa shape index (κ3) is 4.25. The monoisotopic (exact) mass is 358 g/mol. The van der Waals surface area contributed by atoms with Crippen molar-refractivity contribution in [2.75, 3.05) is 18.4 Å². The predicted molar refractivity (Wildman–Crippen MR) is 79.6 cm³/mol. The molecule has 1 unspecified atom stereocenters. The van der Waals surface area contributed by atoms with Gasteiger partial charge in [0.25, 0.3) is 0 Å². The Kier molecular flexibility index (Phi) is 5.30. The van der Waals surface area contributed by atoms with E-state index in [1.165, 1.54) is 12.1 Å². The molecule has 7 heteroatoms. The van der Waals surface area contributed by atoms with Crippen molar-refractivity contribution in [3.63, 3.8) is 0 Å². The van der Waals surface area contributed by atoms with Crippen molar-refractivity contribution in [3.8, 4) is 0 Å². The number of rotatable bonds is 4. The van der Waals surface area contributed by atoms with Crippen LogP contribution in [0.25, 0.3) is 0 Å². The number of likely N-dealkylation sites (tertiary alicyclic amines) is 1. The molecule has 0 saturated carbocycles. The van der Waals surface area contributed by atoms with Crippen LogP contribution in [0.15, 0.2) is 22.7 Å². The van der Waals surface area contributed by atoms with E-state index < -0.39 is 23.7 Å². The van der Waals surface area contributed by atoms with Crippen LogP contribution in [-0.2, 0) is 9.59 Å². The van der Waals surface area contributed by atoms with Crippen molar-refractivity contribution in [2.45, 2.75) is 25.3 Å². The van der Waals surface area contributed by atoms with Crippen molar-refractivity contribution in [3.05, 3.63) is 28.5 Å². The van der Waals surface area contributed by atoms with Crippen LogP contribution < -0.4 is 5.32 Å². The van der Waals surface area contributed by atoms with Gasteiger partial charge in [-0.2, -0.15) is 0 Å². The molecule has 0 aliphatic carbocycles. The number of aliphatic carboxylic acids is 1. The first-order chi connectivity index (χ1) is 9.97.